The first-order valence-corrected chi connectivity index (χ1v) is 28.7. The molecule has 0 fully saturated rings. The normalized spacial score (nSPS) is 13.1. The van der Waals surface area contributed by atoms with Crippen LogP contribution in [0.3, 0.4) is 0 Å². The summed E-state index contributed by atoms with van der Waals surface area (Å²) in [6.45, 7) is 6.24. The second-order valence-electron chi connectivity index (χ2n) is 18.4. The molecular weight excluding hydrogens is 877 g/mol. The van der Waals surface area contributed by atoms with Crippen LogP contribution in [0.5, 0.6) is 0 Å². The predicted molar refractivity (Wildman–Crippen MR) is 306 cm³/mol. The zero-order valence-corrected chi connectivity index (χ0v) is 45.7. The molecule has 6 nitrogen and oxygen atoms in total. The van der Waals surface area contributed by atoms with Crippen molar-refractivity contribution in [2.24, 2.45) is 0 Å². The lowest BCUT2D eigenvalue weighted by atomic mass is 10.0. The summed E-state index contributed by atoms with van der Waals surface area (Å²) in [5.74, 6) is -1.01. The maximum absolute atomic E-state index is 12.7. The van der Waals surface area contributed by atoms with Crippen LogP contribution in [-0.4, -0.2) is 37.2 Å². The summed E-state index contributed by atoms with van der Waals surface area (Å²) in [7, 11) is 0. The van der Waals surface area contributed by atoms with Crippen molar-refractivity contribution in [3.63, 3.8) is 0 Å². The lowest BCUT2D eigenvalue weighted by molar-refractivity contribution is -0.166. The third-order valence-electron chi connectivity index (χ3n) is 11.7. The fraction of sp³-hybridized carbons (Fsp3) is 0.615. The molecule has 0 heterocycles. The number of hydrogen-bond donors (Lipinski definition) is 0. The minimum atomic E-state index is -0.814. The van der Waals surface area contributed by atoms with Crippen LogP contribution in [0.1, 0.15) is 239 Å². The van der Waals surface area contributed by atoms with Crippen molar-refractivity contribution in [2.45, 2.75) is 245 Å². The molecular formula is C65H104O6. The van der Waals surface area contributed by atoms with Crippen molar-refractivity contribution in [3.8, 4) is 0 Å². The number of carbonyl (C=O) groups is 3. The van der Waals surface area contributed by atoms with Gasteiger partial charge in [0.05, 0.1) is 0 Å². The van der Waals surface area contributed by atoms with Gasteiger partial charge in [0.1, 0.15) is 13.2 Å². The van der Waals surface area contributed by atoms with Crippen LogP contribution >= 0.6 is 0 Å². The second-order valence-corrected chi connectivity index (χ2v) is 18.4. The third-order valence-corrected chi connectivity index (χ3v) is 11.7. The molecule has 0 N–H and O–H groups in total. The Morgan fingerprint density at radius 3 is 0.915 bits per heavy atom. The average Bonchev–Trinajstić information content (AvgIpc) is 3.37. The molecule has 0 aromatic rings. The molecule has 0 saturated carbocycles. The van der Waals surface area contributed by atoms with Gasteiger partial charge in [-0.1, -0.05) is 251 Å². The molecule has 1 atom stereocenters. The van der Waals surface area contributed by atoms with Crippen molar-refractivity contribution in [3.05, 3.63) is 134 Å². The van der Waals surface area contributed by atoms with E-state index >= 15 is 0 Å². The summed E-state index contributed by atoms with van der Waals surface area (Å²) in [6.07, 6.45) is 82.4. The Morgan fingerprint density at radius 2 is 0.577 bits per heavy atom. The Morgan fingerprint density at radius 1 is 0.296 bits per heavy atom. The summed E-state index contributed by atoms with van der Waals surface area (Å²) >= 11 is 0. The van der Waals surface area contributed by atoms with Crippen molar-refractivity contribution in [1.29, 1.82) is 0 Å². The fourth-order valence-electron chi connectivity index (χ4n) is 7.44. The smallest absolute Gasteiger partial charge is 0.306 e. The van der Waals surface area contributed by atoms with Crippen LogP contribution in [-0.2, 0) is 28.6 Å². The van der Waals surface area contributed by atoms with E-state index in [0.29, 0.717) is 19.3 Å². The number of esters is 3. The number of hydrogen-bond acceptors (Lipinski definition) is 6. The van der Waals surface area contributed by atoms with Gasteiger partial charge in [0.15, 0.2) is 6.10 Å². The molecule has 0 radical (unpaired) electrons. The molecule has 0 aromatic heterocycles. The van der Waals surface area contributed by atoms with E-state index < -0.39 is 12.1 Å². The van der Waals surface area contributed by atoms with Crippen molar-refractivity contribution in [2.75, 3.05) is 13.2 Å². The zero-order chi connectivity index (χ0) is 51.4. The fourth-order valence-corrected chi connectivity index (χ4v) is 7.44. The molecule has 0 aliphatic heterocycles. The highest BCUT2D eigenvalue weighted by atomic mass is 16.6. The lowest BCUT2D eigenvalue weighted by Gasteiger charge is -2.18. The SMILES string of the molecule is CC/C=C\C/C=C\C/C=C\C/C=C\C/C=C\C/C=C\C/C=C\CCCCCCCCCCCCCCCC(=O)OCC(COC(=O)CCCCCCC)OC(=O)CC/C=C\C/C=C\C/C=C\C/C=C\CC. The van der Waals surface area contributed by atoms with Gasteiger partial charge < -0.3 is 14.2 Å². The Kier molecular flexibility index (Phi) is 54.5. The van der Waals surface area contributed by atoms with E-state index in [1.807, 2.05) is 12.2 Å². The van der Waals surface area contributed by atoms with Crippen LogP contribution < -0.4 is 0 Å². The predicted octanol–water partition coefficient (Wildman–Crippen LogP) is 19.4. The van der Waals surface area contributed by atoms with E-state index in [-0.39, 0.29) is 31.6 Å². The standard InChI is InChI=1S/C65H104O6/c1-4-7-10-13-15-17-19-21-22-23-24-25-26-27-28-29-30-31-32-33-34-35-36-37-38-39-40-41-42-44-45-47-49-52-55-58-64(67)70-61-62(60-69-63(66)57-54-51-12-9-6-3)71-65(68)59-56-53-50-48-46-43-20-18-16-14-11-8-5-2/h7-8,10-11,15-18,21-22,24-25,27-28,30-31,33-34,43,46,50,53,62H,4-6,9,12-14,19-20,23,26,29,32,35-42,44-45,47-49,51-52,54-61H2,1-3H3/b10-7-,11-8-,17-15-,18-16-,22-21-,25-24-,28-27-,31-30-,34-33-,46-43-,53-50-. The summed E-state index contributed by atoms with van der Waals surface area (Å²) in [4.78, 5) is 37.6. The molecule has 0 bridgehead atoms. The number of carbonyl (C=O) groups excluding carboxylic acids is 3. The molecule has 6 heteroatoms. The highest BCUT2D eigenvalue weighted by Gasteiger charge is 2.19. The van der Waals surface area contributed by atoms with Gasteiger partial charge in [-0.25, -0.2) is 0 Å². The maximum atomic E-state index is 12.7. The topological polar surface area (TPSA) is 78.9 Å². The van der Waals surface area contributed by atoms with E-state index in [2.05, 4.69) is 142 Å². The summed E-state index contributed by atoms with van der Waals surface area (Å²) in [5.41, 5.74) is 0. The molecule has 71 heavy (non-hydrogen) atoms. The monoisotopic (exact) mass is 981 g/mol. The van der Waals surface area contributed by atoms with E-state index in [4.69, 9.17) is 14.2 Å². The van der Waals surface area contributed by atoms with E-state index in [1.165, 1.54) is 70.6 Å². The number of unbranched alkanes of at least 4 members (excludes halogenated alkanes) is 17. The van der Waals surface area contributed by atoms with E-state index in [0.717, 1.165) is 122 Å². The molecule has 0 rings (SSSR count). The minimum Gasteiger partial charge on any atom is -0.462 e. The first-order chi connectivity index (χ1) is 35.0. The Hall–Kier alpha value is -4.45. The van der Waals surface area contributed by atoms with Gasteiger partial charge in [0.25, 0.3) is 0 Å². The maximum Gasteiger partial charge on any atom is 0.306 e. The van der Waals surface area contributed by atoms with Crippen LogP contribution in [0.25, 0.3) is 0 Å². The van der Waals surface area contributed by atoms with Gasteiger partial charge >= 0.3 is 17.9 Å². The van der Waals surface area contributed by atoms with Crippen molar-refractivity contribution >= 4 is 17.9 Å². The Bertz CT molecular complexity index is 1550. The van der Waals surface area contributed by atoms with Crippen LogP contribution in [0.15, 0.2) is 134 Å². The second kappa shape index (κ2) is 58.1. The zero-order valence-electron chi connectivity index (χ0n) is 45.7. The number of allylic oxidation sites excluding steroid dienone is 22. The quantitative estimate of drug-likeness (QED) is 0.0262. The molecule has 0 amide bonds. The van der Waals surface area contributed by atoms with Gasteiger partial charge in [0.2, 0.25) is 0 Å². The van der Waals surface area contributed by atoms with E-state index in [9.17, 15) is 14.4 Å². The minimum absolute atomic E-state index is 0.109. The van der Waals surface area contributed by atoms with Crippen LogP contribution in [0.4, 0.5) is 0 Å². The summed E-state index contributed by atoms with van der Waals surface area (Å²) < 4.78 is 16.6. The summed E-state index contributed by atoms with van der Waals surface area (Å²) in [5, 5.41) is 0. The third kappa shape index (κ3) is 56.3. The van der Waals surface area contributed by atoms with Crippen LogP contribution in [0.2, 0.25) is 0 Å². The molecule has 0 aromatic carbocycles. The Labute approximate surface area is 436 Å². The van der Waals surface area contributed by atoms with Gasteiger partial charge in [-0.15, -0.1) is 0 Å². The van der Waals surface area contributed by atoms with Gasteiger partial charge in [-0.3, -0.25) is 14.4 Å². The highest BCUT2D eigenvalue weighted by molar-refractivity contribution is 5.71. The van der Waals surface area contributed by atoms with Gasteiger partial charge in [0, 0.05) is 19.3 Å². The molecule has 0 saturated heterocycles. The van der Waals surface area contributed by atoms with Gasteiger partial charge in [-0.2, -0.15) is 0 Å². The Balaban J connectivity index is 4.02. The summed E-state index contributed by atoms with van der Waals surface area (Å²) in [6, 6.07) is 0. The average molecular weight is 982 g/mol. The number of rotatable bonds is 50. The molecule has 0 aliphatic carbocycles. The number of ether oxygens (including phenoxy) is 3. The van der Waals surface area contributed by atoms with E-state index in [1.54, 1.807) is 0 Å². The van der Waals surface area contributed by atoms with Crippen LogP contribution in [0, 0.1) is 0 Å². The van der Waals surface area contributed by atoms with Crippen molar-refractivity contribution < 1.29 is 28.6 Å². The largest absolute Gasteiger partial charge is 0.462 e. The lowest BCUT2D eigenvalue weighted by Crippen LogP contribution is -2.30. The first kappa shape index (κ1) is 66.6. The molecule has 0 aliphatic rings. The van der Waals surface area contributed by atoms with Gasteiger partial charge in [-0.05, 0) is 103 Å². The molecule has 400 valence electrons. The first-order valence-electron chi connectivity index (χ1n) is 28.7. The molecule has 0 spiro atoms. The molecule has 1 unspecified atom stereocenters. The highest BCUT2D eigenvalue weighted by Crippen LogP contribution is 2.15. The van der Waals surface area contributed by atoms with Crippen molar-refractivity contribution in [1.82, 2.24) is 0 Å².